The summed E-state index contributed by atoms with van der Waals surface area (Å²) in [6.07, 6.45) is 5.43. The quantitative estimate of drug-likeness (QED) is 0.767. The van der Waals surface area contributed by atoms with E-state index in [-0.39, 0.29) is 0 Å². The first-order valence-electron chi connectivity index (χ1n) is 6.05. The molecule has 1 aliphatic rings. The summed E-state index contributed by atoms with van der Waals surface area (Å²) in [6, 6.07) is 0.458. The fourth-order valence-electron chi connectivity index (χ4n) is 2.21. The van der Waals surface area contributed by atoms with E-state index in [0.717, 1.165) is 5.69 Å². The summed E-state index contributed by atoms with van der Waals surface area (Å²) in [5.74, 6) is 0.531. The molecule has 0 aromatic carbocycles. The topological polar surface area (TPSA) is 16.1 Å². The largest absolute Gasteiger partial charge is 0.294 e. The molecule has 2 nitrogen and oxygen atoms in total. The molecule has 16 heavy (non-hydrogen) atoms. The lowest BCUT2D eigenvalue weighted by Crippen LogP contribution is -2.27. The zero-order valence-electron chi connectivity index (χ0n) is 9.79. The summed E-state index contributed by atoms with van der Waals surface area (Å²) >= 11 is 7.53. The van der Waals surface area contributed by atoms with Crippen LogP contribution in [0.15, 0.2) is 5.38 Å². The van der Waals surface area contributed by atoms with Gasteiger partial charge in [0.15, 0.2) is 0 Å². The average molecular weight is 259 g/mol. The van der Waals surface area contributed by atoms with Gasteiger partial charge in [-0.1, -0.05) is 12.8 Å². The van der Waals surface area contributed by atoms with Gasteiger partial charge in [-0.25, -0.2) is 4.98 Å². The Hall–Kier alpha value is -0.120. The fourth-order valence-corrected chi connectivity index (χ4v) is 3.35. The third kappa shape index (κ3) is 2.96. The van der Waals surface area contributed by atoms with E-state index in [4.69, 9.17) is 11.6 Å². The van der Waals surface area contributed by atoms with Crippen molar-refractivity contribution < 1.29 is 0 Å². The van der Waals surface area contributed by atoms with Gasteiger partial charge in [-0.15, -0.1) is 22.9 Å². The van der Waals surface area contributed by atoms with Crippen LogP contribution in [-0.2, 0) is 5.88 Å². The van der Waals surface area contributed by atoms with Crippen molar-refractivity contribution >= 4 is 22.9 Å². The molecule has 1 saturated heterocycles. The number of hydrogen-bond donors (Lipinski definition) is 0. The maximum atomic E-state index is 5.79. The van der Waals surface area contributed by atoms with Crippen LogP contribution in [0, 0.1) is 0 Å². The molecule has 90 valence electrons. The summed E-state index contributed by atoms with van der Waals surface area (Å²) in [5, 5.41) is 3.30. The van der Waals surface area contributed by atoms with E-state index in [9.17, 15) is 0 Å². The lowest BCUT2D eigenvalue weighted by molar-refractivity contribution is 0.219. The van der Waals surface area contributed by atoms with Gasteiger partial charge in [-0.05, 0) is 32.9 Å². The van der Waals surface area contributed by atoms with E-state index >= 15 is 0 Å². The first-order valence-corrected chi connectivity index (χ1v) is 7.47. The van der Waals surface area contributed by atoms with Gasteiger partial charge in [0, 0.05) is 5.38 Å². The number of halogens is 1. The second kappa shape index (κ2) is 5.99. The number of nitrogens with zero attached hydrogens (tertiary/aromatic N) is 2. The molecule has 0 aliphatic carbocycles. The highest BCUT2D eigenvalue weighted by atomic mass is 35.5. The maximum Gasteiger partial charge on any atom is 0.110 e. The lowest BCUT2D eigenvalue weighted by atomic mass is 10.2. The Kier molecular flexibility index (Phi) is 4.62. The van der Waals surface area contributed by atoms with Gasteiger partial charge in [-0.3, -0.25) is 4.90 Å². The summed E-state index contributed by atoms with van der Waals surface area (Å²) in [7, 11) is 0. The van der Waals surface area contributed by atoms with Crippen molar-refractivity contribution in [3.8, 4) is 0 Å². The minimum absolute atomic E-state index is 0.458. The molecule has 1 fully saturated rings. The van der Waals surface area contributed by atoms with Gasteiger partial charge in [0.05, 0.1) is 17.6 Å². The van der Waals surface area contributed by atoms with E-state index in [1.54, 1.807) is 11.3 Å². The van der Waals surface area contributed by atoms with Crippen LogP contribution in [0.1, 0.15) is 49.4 Å². The minimum atomic E-state index is 0.458. The number of hydrogen-bond acceptors (Lipinski definition) is 3. The third-order valence-electron chi connectivity index (χ3n) is 3.25. The molecule has 1 unspecified atom stereocenters. The standard InChI is InChI=1S/C12H19ClN2S/c1-10(12-14-11(8-13)9-16-12)15-6-4-2-3-5-7-15/h9-10H,2-8H2,1H3. The van der Waals surface area contributed by atoms with Crippen LogP contribution in [0.25, 0.3) is 0 Å². The number of thiazole rings is 1. The molecule has 4 heteroatoms. The Balaban J connectivity index is 2.01. The van der Waals surface area contributed by atoms with Gasteiger partial charge in [0.25, 0.3) is 0 Å². The van der Waals surface area contributed by atoms with E-state index in [2.05, 4.69) is 22.2 Å². The molecule has 1 aromatic heterocycles. The highest BCUT2D eigenvalue weighted by Crippen LogP contribution is 2.26. The molecule has 0 N–H and O–H groups in total. The Bertz CT molecular complexity index is 319. The predicted molar refractivity (Wildman–Crippen MR) is 70.1 cm³/mol. The monoisotopic (exact) mass is 258 g/mol. The highest BCUT2D eigenvalue weighted by molar-refractivity contribution is 7.09. The lowest BCUT2D eigenvalue weighted by Gasteiger charge is -2.25. The Morgan fingerprint density at radius 1 is 1.38 bits per heavy atom. The van der Waals surface area contributed by atoms with Gasteiger partial charge < -0.3 is 0 Å². The van der Waals surface area contributed by atoms with Crippen LogP contribution in [0.2, 0.25) is 0 Å². The predicted octanol–water partition coefficient (Wildman–Crippen LogP) is 3.82. The molecule has 1 aromatic rings. The van der Waals surface area contributed by atoms with Crippen LogP contribution in [0.5, 0.6) is 0 Å². The maximum absolute atomic E-state index is 5.79. The SMILES string of the molecule is CC(c1nc(CCl)cs1)N1CCCCCC1. The molecule has 1 aliphatic heterocycles. The van der Waals surface area contributed by atoms with Crippen LogP contribution in [-0.4, -0.2) is 23.0 Å². The molecular weight excluding hydrogens is 240 g/mol. The summed E-state index contributed by atoms with van der Waals surface area (Å²) < 4.78 is 0. The summed E-state index contributed by atoms with van der Waals surface area (Å²) in [4.78, 5) is 7.14. The molecule has 2 heterocycles. The van der Waals surface area contributed by atoms with Gasteiger partial charge in [-0.2, -0.15) is 0 Å². The number of aromatic nitrogens is 1. The molecule has 0 bridgehead atoms. The average Bonchev–Trinajstić information content (AvgIpc) is 2.62. The smallest absolute Gasteiger partial charge is 0.110 e. The number of alkyl halides is 1. The Labute approximate surface area is 107 Å². The van der Waals surface area contributed by atoms with Crippen molar-refractivity contribution in [2.75, 3.05) is 13.1 Å². The summed E-state index contributed by atoms with van der Waals surface area (Å²) in [5.41, 5.74) is 1.02. The van der Waals surface area contributed by atoms with Gasteiger partial charge >= 0.3 is 0 Å². The highest BCUT2D eigenvalue weighted by Gasteiger charge is 2.19. The van der Waals surface area contributed by atoms with Gasteiger partial charge in [0.2, 0.25) is 0 Å². The molecular formula is C12H19ClN2S. The van der Waals surface area contributed by atoms with Crippen molar-refractivity contribution in [2.24, 2.45) is 0 Å². The van der Waals surface area contributed by atoms with E-state index in [1.807, 2.05) is 0 Å². The molecule has 0 saturated carbocycles. The van der Waals surface area contributed by atoms with Crippen molar-refractivity contribution in [1.29, 1.82) is 0 Å². The number of likely N-dealkylation sites (tertiary alicyclic amines) is 1. The van der Waals surface area contributed by atoms with Gasteiger partial charge in [0.1, 0.15) is 5.01 Å². The van der Waals surface area contributed by atoms with Crippen molar-refractivity contribution in [3.63, 3.8) is 0 Å². The van der Waals surface area contributed by atoms with E-state index in [0.29, 0.717) is 11.9 Å². The zero-order chi connectivity index (χ0) is 11.4. The zero-order valence-corrected chi connectivity index (χ0v) is 11.4. The molecule has 2 rings (SSSR count). The van der Waals surface area contributed by atoms with Crippen molar-refractivity contribution in [1.82, 2.24) is 9.88 Å². The Morgan fingerprint density at radius 2 is 2.06 bits per heavy atom. The van der Waals surface area contributed by atoms with E-state index in [1.165, 1.54) is 43.8 Å². The van der Waals surface area contributed by atoms with Crippen LogP contribution in [0.3, 0.4) is 0 Å². The second-order valence-corrected chi connectivity index (χ2v) is 5.59. The van der Waals surface area contributed by atoms with Crippen LogP contribution >= 0.6 is 22.9 Å². The normalized spacial score (nSPS) is 20.6. The first-order chi connectivity index (χ1) is 7.81. The van der Waals surface area contributed by atoms with Crippen molar-refractivity contribution in [3.05, 3.63) is 16.1 Å². The van der Waals surface area contributed by atoms with Crippen LogP contribution < -0.4 is 0 Å². The van der Waals surface area contributed by atoms with E-state index < -0.39 is 0 Å². The van der Waals surface area contributed by atoms with Crippen molar-refractivity contribution in [2.45, 2.75) is 44.5 Å². The van der Waals surface area contributed by atoms with Crippen LogP contribution in [0.4, 0.5) is 0 Å². The third-order valence-corrected chi connectivity index (χ3v) is 4.59. The summed E-state index contributed by atoms with van der Waals surface area (Å²) in [6.45, 7) is 4.70. The molecule has 0 spiro atoms. The molecule has 0 radical (unpaired) electrons. The molecule has 0 amide bonds. The second-order valence-electron chi connectivity index (χ2n) is 4.44. The number of rotatable bonds is 3. The molecule has 1 atom stereocenters. The first kappa shape index (κ1) is 12.3. The Morgan fingerprint density at radius 3 is 2.62 bits per heavy atom. The minimum Gasteiger partial charge on any atom is -0.294 e. The fraction of sp³-hybridized carbons (Fsp3) is 0.750.